The van der Waals surface area contributed by atoms with Crippen LogP contribution in [0.25, 0.3) is 0 Å². The molecule has 5 nitrogen and oxygen atoms in total. The van der Waals surface area contributed by atoms with Gasteiger partial charge in [0.05, 0.1) is 6.61 Å². The molecule has 0 saturated heterocycles. The SMILES string of the molecule is CC/C=C\C/C=C\C/C=C\C/C=C\CCCCCCCCCOCC(COC(=O)CCCCCCCCC/C=C\CCCCCCCC)OC(=O)CCCCCCC/C=C\C/C=C\CCCCC. The zero-order chi connectivity index (χ0) is 49.2. The Morgan fingerprint density at radius 3 is 1.10 bits per heavy atom. The molecule has 0 fully saturated rings. The Hall–Kier alpha value is -2.92. The van der Waals surface area contributed by atoms with Gasteiger partial charge in [-0.05, 0) is 116 Å². The lowest BCUT2D eigenvalue weighted by Crippen LogP contribution is -2.30. The summed E-state index contributed by atoms with van der Waals surface area (Å²) in [7, 11) is 0. The highest BCUT2D eigenvalue weighted by Gasteiger charge is 2.17. The van der Waals surface area contributed by atoms with Gasteiger partial charge in [0.25, 0.3) is 0 Å². The lowest BCUT2D eigenvalue weighted by Gasteiger charge is -2.18. The van der Waals surface area contributed by atoms with E-state index in [-0.39, 0.29) is 25.2 Å². The minimum absolute atomic E-state index is 0.0705. The minimum Gasteiger partial charge on any atom is -0.462 e. The molecule has 0 aromatic heterocycles. The predicted molar refractivity (Wildman–Crippen MR) is 297 cm³/mol. The Morgan fingerprint density at radius 2 is 0.662 bits per heavy atom. The van der Waals surface area contributed by atoms with Crippen molar-refractivity contribution in [3.05, 3.63) is 85.1 Å². The second-order valence-corrected chi connectivity index (χ2v) is 19.2. The maximum atomic E-state index is 12.9. The largest absolute Gasteiger partial charge is 0.462 e. The quantitative estimate of drug-likeness (QED) is 0.0345. The minimum atomic E-state index is -0.556. The summed E-state index contributed by atoms with van der Waals surface area (Å²) in [5, 5.41) is 0. The third kappa shape index (κ3) is 55.7. The van der Waals surface area contributed by atoms with E-state index in [1.165, 1.54) is 154 Å². The van der Waals surface area contributed by atoms with Crippen molar-refractivity contribution in [2.45, 2.75) is 284 Å². The Morgan fingerprint density at radius 1 is 0.338 bits per heavy atom. The fourth-order valence-electron chi connectivity index (χ4n) is 8.06. The standard InChI is InChI=1S/C63H110O5/c1-4-7-10-13-16-19-22-25-28-30-31-32-34-37-40-43-46-49-52-55-58-66-59-61(68-63(65)57-54-51-48-45-42-39-35-27-24-21-18-15-12-9-6-3)60-67-62(64)56-53-50-47-44-41-38-36-33-29-26-23-20-17-14-11-8-5-2/h7,10,16,18-19,21,25-29,31-32,35,61H,4-6,8-9,11-15,17,20,22-24,30,33-34,36-60H2,1-3H3/b10-7-,19-16-,21-18-,28-25-,29-26-,32-31-,35-27-. The summed E-state index contributed by atoms with van der Waals surface area (Å²) in [5.74, 6) is -0.419. The maximum Gasteiger partial charge on any atom is 0.306 e. The number of carbonyl (C=O) groups is 2. The Bertz CT molecular complexity index is 1250. The number of carbonyl (C=O) groups excluding carboxylic acids is 2. The summed E-state index contributed by atoms with van der Waals surface area (Å²) in [4.78, 5) is 25.5. The van der Waals surface area contributed by atoms with Crippen LogP contribution in [0.1, 0.15) is 278 Å². The summed E-state index contributed by atoms with van der Waals surface area (Å²) in [5.41, 5.74) is 0. The average molecular weight is 948 g/mol. The third-order valence-corrected chi connectivity index (χ3v) is 12.4. The monoisotopic (exact) mass is 947 g/mol. The van der Waals surface area contributed by atoms with Crippen LogP contribution in [0.4, 0.5) is 0 Å². The van der Waals surface area contributed by atoms with Crippen molar-refractivity contribution in [2.75, 3.05) is 19.8 Å². The van der Waals surface area contributed by atoms with E-state index in [4.69, 9.17) is 14.2 Å². The lowest BCUT2D eigenvalue weighted by atomic mass is 10.1. The van der Waals surface area contributed by atoms with Crippen molar-refractivity contribution in [1.29, 1.82) is 0 Å². The first-order chi connectivity index (χ1) is 33.6. The van der Waals surface area contributed by atoms with Crippen LogP contribution < -0.4 is 0 Å². The zero-order valence-electron chi connectivity index (χ0n) is 45.1. The summed E-state index contributed by atoms with van der Waals surface area (Å²) < 4.78 is 17.5. The van der Waals surface area contributed by atoms with Gasteiger partial charge in [0, 0.05) is 19.4 Å². The van der Waals surface area contributed by atoms with Gasteiger partial charge in [-0.2, -0.15) is 0 Å². The third-order valence-electron chi connectivity index (χ3n) is 12.4. The van der Waals surface area contributed by atoms with Crippen LogP contribution in [0, 0.1) is 0 Å². The zero-order valence-corrected chi connectivity index (χ0v) is 45.1. The molecule has 5 heteroatoms. The first kappa shape index (κ1) is 65.1. The van der Waals surface area contributed by atoms with Gasteiger partial charge >= 0.3 is 11.9 Å². The van der Waals surface area contributed by atoms with E-state index in [1.54, 1.807) is 0 Å². The number of esters is 2. The molecule has 0 amide bonds. The Balaban J connectivity index is 4.32. The molecule has 0 aliphatic heterocycles. The molecule has 68 heavy (non-hydrogen) atoms. The number of ether oxygens (including phenoxy) is 3. The molecule has 0 aromatic rings. The van der Waals surface area contributed by atoms with Crippen LogP contribution in [-0.4, -0.2) is 37.9 Å². The first-order valence-corrected chi connectivity index (χ1v) is 29.1. The second kappa shape index (κ2) is 58.4. The molecular formula is C63H110O5. The van der Waals surface area contributed by atoms with Crippen LogP contribution in [0.15, 0.2) is 85.1 Å². The summed E-state index contributed by atoms with van der Waals surface area (Å²) >= 11 is 0. The van der Waals surface area contributed by atoms with Crippen molar-refractivity contribution in [2.24, 2.45) is 0 Å². The lowest BCUT2D eigenvalue weighted by molar-refractivity contribution is -0.163. The second-order valence-electron chi connectivity index (χ2n) is 19.2. The van der Waals surface area contributed by atoms with E-state index in [9.17, 15) is 9.59 Å². The van der Waals surface area contributed by atoms with E-state index < -0.39 is 6.10 Å². The van der Waals surface area contributed by atoms with Crippen LogP contribution in [0.2, 0.25) is 0 Å². The molecule has 0 saturated carbocycles. The molecule has 0 aromatic carbocycles. The molecule has 0 bridgehead atoms. The van der Waals surface area contributed by atoms with E-state index >= 15 is 0 Å². The molecule has 0 rings (SSSR count). The highest BCUT2D eigenvalue weighted by molar-refractivity contribution is 5.70. The van der Waals surface area contributed by atoms with Gasteiger partial charge in [0.15, 0.2) is 6.10 Å². The van der Waals surface area contributed by atoms with E-state index in [0.717, 1.165) is 89.9 Å². The normalized spacial score (nSPS) is 12.8. The van der Waals surface area contributed by atoms with Gasteiger partial charge in [-0.15, -0.1) is 0 Å². The maximum absolute atomic E-state index is 12.9. The summed E-state index contributed by atoms with van der Waals surface area (Å²) in [6.45, 7) is 7.67. The van der Waals surface area contributed by atoms with Crippen molar-refractivity contribution in [1.82, 2.24) is 0 Å². The summed E-state index contributed by atoms with van der Waals surface area (Å²) in [6.07, 6.45) is 77.4. The number of unbranched alkanes of at least 4 members (excludes halogenated alkanes) is 28. The molecule has 1 atom stereocenters. The van der Waals surface area contributed by atoms with Gasteiger partial charge in [-0.3, -0.25) is 9.59 Å². The fraction of sp³-hybridized carbons (Fsp3) is 0.746. The van der Waals surface area contributed by atoms with Crippen molar-refractivity contribution < 1.29 is 23.8 Å². The van der Waals surface area contributed by atoms with Gasteiger partial charge in [0.2, 0.25) is 0 Å². The van der Waals surface area contributed by atoms with Crippen LogP contribution >= 0.6 is 0 Å². The predicted octanol–water partition coefficient (Wildman–Crippen LogP) is 20.0. The van der Waals surface area contributed by atoms with Crippen LogP contribution in [0.5, 0.6) is 0 Å². The first-order valence-electron chi connectivity index (χ1n) is 29.1. The number of allylic oxidation sites excluding steroid dienone is 14. The molecule has 0 radical (unpaired) electrons. The highest BCUT2D eigenvalue weighted by Crippen LogP contribution is 2.14. The van der Waals surface area contributed by atoms with Crippen molar-refractivity contribution in [3.8, 4) is 0 Å². The van der Waals surface area contributed by atoms with Crippen LogP contribution in [0.3, 0.4) is 0 Å². The molecular weight excluding hydrogens is 837 g/mol. The molecule has 0 aliphatic rings. The Labute approximate surface area is 422 Å². The van der Waals surface area contributed by atoms with Gasteiger partial charge in [0.1, 0.15) is 6.61 Å². The molecule has 0 aliphatic carbocycles. The smallest absolute Gasteiger partial charge is 0.306 e. The number of rotatable bonds is 53. The highest BCUT2D eigenvalue weighted by atomic mass is 16.6. The molecule has 0 heterocycles. The molecule has 1 unspecified atom stereocenters. The Kier molecular flexibility index (Phi) is 55.9. The summed E-state index contributed by atoms with van der Waals surface area (Å²) in [6, 6.07) is 0. The number of hydrogen-bond acceptors (Lipinski definition) is 5. The van der Waals surface area contributed by atoms with E-state index in [1.807, 2.05) is 0 Å². The number of hydrogen-bond donors (Lipinski definition) is 0. The van der Waals surface area contributed by atoms with Crippen molar-refractivity contribution >= 4 is 11.9 Å². The van der Waals surface area contributed by atoms with Crippen molar-refractivity contribution in [3.63, 3.8) is 0 Å². The average Bonchev–Trinajstić information content (AvgIpc) is 3.34. The van der Waals surface area contributed by atoms with Gasteiger partial charge in [-0.1, -0.05) is 234 Å². The topological polar surface area (TPSA) is 61.8 Å². The van der Waals surface area contributed by atoms with Gasteiger partial charge in [-0.25, -0.2) is 0 Å². The molecule has 0 spiro atoms. The fourth-order valence-corrected chi connectivity index (χ4v) is 8.06. The van der Waals surface area contributed by atoms with E-state index in [0.29, 0.717) is 19.4 Å². The van der Waals surface area contributed by atoms with Crippen LogP contribution in [-0.2, 0) is 23.8 Å². The van der Waals surface area contributed by atoms with E-state index in [2.05, 4.69) is 106 Å². The molecule has 392 valence electrons. The molecule has 0 N–H and O–H groups in total. The van der Waals surface area contributed by atoms with Gasteiger partial charge < -0.3 is 14.2 Å².